The largest absolute Gasteiger partial charge is 0.369 e. The Labute approximate surface area is 88.8 Å². The zero-order valence-electron chi connectivity index (χ0n) is 8.04. The Bertz CT molecular complexity index is 317. The van der Waals surface area contributed by atoms with Crippen LogP contribution in [-0.4, -0.2) is 29.0 Å². The van der Waals surface area contributed by atoms with Crippen LogP contribution in [0.25, 0.3) is 0 Å². The lowest BCUT2D eigenvalue weighted by atomic mass is 10.7. The molecule has 2 heterocycles. The van der Waals surface area contributed by atoms with E-state index >= 15 is 0 Å². The van der Waals surface area contributed by atoms with E-state index in [0.717, 1.165) is 24.2 Å². The van der Waals surface area contributed by atoms with Crippen LogP contribution in [0.3, 0.4) is 0 Å². The minimum atomic E-state index is 0.729. The minimum absolute atomic E-state index is 0.729. The Morgan fingerprint density at radius 2 is 1.50 bits per heavy atom. The molecule has 0 aliphatic carbocycles. The summed E-state index contributed by atoms with van der Waals surface area (Å²) in [6.45, 7) is 2.30. The van der Waals surface area contributed by atoms with Gasteiger partial charge in [-0.3, -0.25) is 0 Å². The third-order valence-electron chi connectivity index (χ3n) is 1.94. The van der Waals surface area contributed by atoms with Gasteiger partial charge in [0.15, 0.2) is 0 Å². The predicted octanol–water partition coefficient (Wildman–Crippen LogP) is 0.468. The number of nitrogens with one attached hydrogen (secondary N) is 2. The molecular formula is C10H12N2Si2. The van der Waals surface area contributed by atoms with Crippen molar-refractivity contribution in [2.24, 2.45) is 0 Å². The number of rotatable bonds is 4. The average molecular weight is 216 g/mol. The maximum absolute atomic E-state index is 3.25. The highest BCUT2D eigenvalue weighted by atomic mass is 28.3. The van der Waals surface area contributed by atoms with Crippen molar-refractivity contribution in [3.05, 3.63) is 36.7 Å². The van der Waals surface area contributed by atoms with Crippen LogP contribution < -0.4 is 10.6 Å². The van der Waals surface area contributed by atoms with Gasteiger partial charge in [0.25, 0.3) is 0 Å². The van der Waals surface area contributed by atoms with E-state index in [0.29, 0.717) is 0 Å². The standard InChI is InChI=1S/C10H12N2Si2/c1-8(13-9-4-2-6-11-9)14-10-5-3-7-12-10/h2-8,11-12H,1H3. The van der Waals surface area contributed by atoms with E-state index in [1.165, 1.54) is 10.6 Å². The molecule has 0 aliphatic heterocycles. The van der Waals surface area contributed by atoms with Crippen LogP contribution >= 0.6 is 0 Å². The van der Waals surface area contributed by atoms with Gasteiger partial charge in [-0.1, -0.05) is 6.92 Å². The summed E-state index contributed by atoms with van der Waals surface area (Å²) < 4.78 is 0. The second-order valence-corrected chi connectivity index (χ2v) is 7.14. The normalized spacial score (nSPS) is 11.0. The Morgan fingerprint density at radius 3 is 1.86 bits per heavy atom. The molecule has 0 aliphatic rings. The monoisotopic (exact) mass is 216 g/mol. The molecule has 70 valence electrons. The summed E-state index contributed by atoms with van der Waals surface area (Å²) in [5.41, 5.74) is 0. The molecule has 4 radical (unpaired) electrons. The minimum Gasteiger partial charge on any atom is -0.369 e. The lowest BCUT2D eigenvalue weighted by Crippen LogP contribution is -2.28. The van der Waals surface area contributed by atoms with Gasteiger partial charge >= 0.3 is 0 Å². The molecule has 4 heteroatoms. The molecule has 2 N–H and O–H groups in total. The molecular weight excluding hydrogens is 204 g/mol. The summed E-state index contributed by atoms with van der Waals surface area (Å²) in [7, 11) is 1.75. The van der Waals surface area contributed by atoms with Gasteiger partial charge in [0, 0.05) is 12.4 Å². The maximum atomic E-state index is 3.25. The summed E-state index contributed by atoms with van der Waals surface area (Å²) in [6.07, 6.45) is 3.99. The molecule has 0 fully saturated rings. The lowest BCUT2D eigenvalue weighted by molar-refractivity contribution is 1.31. The van der Waals surface area contributed by atoms with Crippen molar-refractivity contribution in [1.29, 1.82) is 0 Å². The van der Waals surface area contributed by atoms with E-state index in [9.17, 15) is 0 Å². The highest BCUT2D eigenvalue weighted by Gasteiger charge is 2.08. The van der Waals surface area contributed by atoms with Gasteiger partial charge in [-0.25, -0.2) is 0 Å². The fraction of sp³-hybridized carbons (Fsp3) is 0.200. The second-order valence-electron chi connectivity index (χ2n) is 3.18. The molecule has 0 aromatic carbocycles. The van der Waals surface area contributed by atoms with Crippen LogP contribution in [0, 0.1) is 0 Å². The first kappa shape index (κ1) is 9.55. The topological polar surface area (TPSA) is 31.6 Å². The van der Waals surface area contributed by atoms with Crippen molar-refractivity contribution >= 4 is 29.7 Å². The molecule has 0 bridgehead atoms. The highest BCUT2D eigenvalue weighted by Crippen LogP contribution is 1.97. The first-order valence-corrected chi connectivity index (χ1v) is 6.80. The summed E-state index contributed by atoms with van der Waals surface area (Å²) in [5.74, 6) is 0. The van der Waals surface area contributed by atoms with Gasteiger partial charge < -0.3 is 9.97 Å². The van der Waals surface area contributed by atoms with E-state index in [4.69, 9.17) is 0 Å². The van der Waals surface area contributed by atoms with Gasteiger partial charge in [-0.05, 0) is 40.1 Å². The van der Waals surface area contributed by atoms with E-state index < -0.39 is 0 Å². The summed E-state index contributed by atoms with van der Waals surface area (Å²) in [5, 5.41) is 3.44. The van der Waals surface area contributed by atoms with Crippen molar-refractivity contribution < 1.29 is 0 Å². The number of aromatic amines is 2. The third kappa shape index (κ3) is 2.49. The lowest BCUT2D eigenvalue weighted by Gasteiger charge is -2.05. The van der Waals surface area contributed by atoms with Crippen molar-refractivity contribution in [1.82, 2.24) is 9.97 Å². The van der Waals surface area contributed by atoms with Crippen LogP contribution in [0.4, 0.5) is 0 Å². The van der Waals surface area contributed by atoms with E-state index in [1.807, 2.05) is 12.4 Å². The summed E-state index contributed by atoms with van der Waals surface area (Å²) in [6, 6.07) is 8.45. The summed E-state index contributed by atoms with van der Waals surface area (Å²) in [4.78, 5) is 6.51. The first-order valence-electron chi connectivity index (χ1n) is 4.64. The molecule has 0 spiro atoms. The van der Waals surface area contributed by atoms with Crippen molar-refractivity contribution in [2.75, 3.05) is 0 Å². The number of aromatic nitrogens is 2. The molecule has 2 aromatic rings. The Morgan fingerprint density at radius 1 is 1.00 bits per heavy atom. The molecule has 0 atom stereocenters. The molecule has 2 nitrogen and oxygen atoms in total. The predicted molar refractivity (Wildman–Crippen MR) is 61.8 cm³/mol. The quantitative estimate of drug-likeness (QED) is 0.696. The van der Waals surface area contributed by atoms with Crippen molar-refractivity contribution in [3.8, 4) is 0 Å². The average Bonchev–Trinajstić information content (AvgIpc) is 2.76. The van der Waals surface area contributed by atoms with Crippen molar-refractivity contribution in [2.45, 2.75) is 12.1 Å². The third-order valence-corrected chi connectivity index (χ3v) is 4.92. The Balaban J connectivity index is 1.88. The fourth-order valence-corrected chi connectivity index (χ4v) is 4.22. The molecule has 2 aromatic heterocycles. The Hall–Kier alpha value is -1.01. The van der Waals surface area contributed by atoms with Gasteiger partial charge in [0.05, 0.1) is 0 Å². The van der Waals surface area contributed by atoms with Gasteiger partial charge in [0.2, 0.25) is 0 Å². The number of hydrogen-bond acceptors (Lipinski definition) is 0. The van der Waals surface area contributed by atoms with Gasteiger partial charge in [-0.15, -0.1) is 0 Å². The molecule has 2 rings (SSSR count). The smallest absolute Gasteiger partial charge is 0.104 e. The van der Waals surface area contributed by atoms with Crippen LogP contribution in [0.2, 0.25) is 5.16 Å². The number of hydrogen-bond donors (Lipinski definition) is 2. The first-order chi connectivity index (χ1) is 6.84. The second kappa shape index (κ2) is 4.48. The fourth-order valence-electron chi connectivity index (χ4n) is 1.34. The molecule has 0 amide bonds. The van der Waals surface area contributed by atoms with E-state index in [2.05, 4.69) is 41.2 Å². The van der Waals surface area contributed by atoms with Crippen LogP contribution in [0.5, 0.6) is 0 Å². The van der Waals surface area contributed by atoms with E-state index in [-0.39, 0.29) is 0 Å². The maximum Gasteiger partial charge on any atom is 0.104 e. The molecule has 0 unspecified atom stereocenters. The van der Waals surface area contributed by atoms with E-state index in [1.54, 1.807) is 0 Å². The van der Waals surface area contributed by atoms with Crippen LogP contribution in [0.15, 0.2) is 36.7 Å². The molecule has 0 saturated carbocycles. The van der Waals surface area contributed by atoms with Gasteiger partial charge in [0.1, 0.15) is 19.0 Å². The van der Waals surface area contributed by atoms with Crippen LogP contribution in [0.1, 0.15) is 6.92 Å². The molecule has 0 saturated heterocycles. The Kier molecular flexibility index (Phi) is 3.05. The van der Waals surface area contributed by atoms with Crippen molar-refractivity contribution in [3.63, 3.8) is 0 Å². The summed E-state index contributed by atoms with van der Waals surface area (Å²) >= 11 is 0. The SMILES string of the molecule is CC([Si]c1ccc[nH]1)[Si]c1ccc[nH]1. The van der Waals surface area contributed by atoms with Gasteiger partial charge in [-0.2, -0.15) is 0 Å². The van der Waals surface area contributed by atoms with Crippen LogP contribution in [-0.2, 0) is 0 Å². The number of H-pyrrole nitrogens is 2. The zero-order valence-corrected chi connectivity index (χ0v) is 10.0. The molecule has 14 heavy (non-hydrogen) atoms. The highest BCUT2D eigenvalue weighted by molar-refractivity contribution is 6.72. The zero-order chi connectivity index (χ0) is 9.80.